The molecule has 15 heavy (non-hydrogen) atoms. The van der Waals surface area contributed by atoms with Crippen molar-refractivity contribution in [3.8, 4) is 11.1 Å². The molecule has 76 valence electrons. The molecule has 0 saturated carbocycles. The van der Waals surface area contributed by atoms with E-state index in [0.717, 1.165) is 11.1 Å². The first-order chi connectivity index (χ1) is 7.16. The lowest BCUT2D eigenvalue weighted by atomic mass is 9.81. The molecule has 0 aliphatic heterocycles. The van der Waals surface area contributed by atoms with Crippen molar-refractivity contribution in [2.24, 2.45) is 7.05 Å². The van der Waals surface area contributed by atoms with E-state index >= 15 is 0 Å². The van der Waals surface area contributed by atoms with Gasteiger partial charge in [-0.05, 0) is 0 Å². The van der Waals surface area contributed by atoms with Gasteiger partial charge in [0.2, 0.25) is 0 Å². The number of hydrogen-bond donors (Lipinski definition) is 2. The molecule has 2 rings (SSSR count). The highest BCUT2D eigenvalue weighted by molar-refractivity contribution is 6.58. The van der Waals surface area contributed by atoms with Crippen LogP contribution in [0.5, 0.6) is 0 Å². The first-order valence-electron chi connectivity index (χ1n) is 4.47. The zero-order valence-electron chi connectivity index (χ0n) is 8.20. The molecule has 6 heteroatoms. The van der Waals surface area contributed by atoms with E-state index in [1.54, 1.807) is 23.1 Å². The standard InChI is InChI=1S/C9H10BN3O2/c1-13-6-8(4-12-13)7-2-9(10(14)15)5-11-3-7/h2-6,14-15H,1H3. The maximum atomic E-state index is 8.99. The average Bonchev–Trinajstić information content (AvgIpc) is 2.65. The SMILES string of the molecule is Cn1cc(-c2cncc(B(O)O)c2)cn1. The van der Waals surface area contributed by atoms with Gasteiger partial charge >= 0.3 is 7.12 Å². The van der Waals surface area contributed by atoms with Crippen LogP contribution in [0.2, 0.25) is 0 Å². The minimum Gasteiger partial charge on any atom is -0.423 e. The normalized spacial score (nSPS) is 10.3. The molecule has 0 bridgehead atoms. The molecule has 0 atom stereocenters. The van der Waals surface area contributed by atoms with Gasteiger partial charge in [-0.25, -0.2) is 0 Å². The van der Waals surface area contributed by atoms with Gasteiger partial charge in [-0.3, -0.25) is 9.67 Å². The van der Waals surface area contributed by atoms with E-state index in [1.807, 2.05) is 13.2 Å². The van der Waals surface area contributed by atoms with Gasteiger partial charge in [0.25, 0.3) is 0 Å². The van der Waals surface area contributed by atoms with Crippen LogP contribution in [0.25, 0.3) is 11.1 Å². The highest BCUT2D eigenvalue weighted by Gasteiger charge is 2.12. The van der Waals surface area contributed by atoms with E-state index < -0.39 is 7.12 Å². The third-order valence-electron chi connectivity index (χ3n) is 2.10. The van der Waals surface area contributed by atoms with Gasteiger partial charge in [-0.1, -0.05) is 6.07 Å². The fourth-order valence-electron chi connectivity index (χ4n) is 1.33. The lowest BCUT2D eigenvalue weighted by Crippen LogP contribution is -2.30. The van der Waals surface area contributed by atoms with Crippen LogP contribution in [0, 0.1) is 0 Å². The highest BCUT2D eigenvalue weighted by Crippen LogP contribution is 2.15. The van der Waals surface area contributed by atoms with E-state index in [-0.39, 0.29) is 0 Å². The van der Waals surface area contributed by atoms with Gasteiger partial charge in [0, 0.05) is 42.2 Å². The molecule has 0 fully saturated rings. The molecule has 2 aromatic heterocycles. The lowest BCUT2D eigenvalue weighted by Gasteiger charge is -2.01. The van der Waals surface area contributed by atoms with Crippen LogP contribution in [-0.4, -0.2) is 31.9 Å². The second kappa shape index (κ2) is 3.84. The average molecular weight is 203 g/mol. The quantitative estimate of drug-likeness (QED) is 0.624. The summed E-state index contributed by atoms with van der Waals surface area (Å²) >= 11 is 0. The smallest absolute Gasteiger partial charge is 0.423 e. The zero-order chi connectivity index (χ0) is 10.8. The third-order valence-corrected chi connectivity index (χ3v) is 2.10. The number of pyridine rings is 1. The number of hydrogen-bond acceptors (Lipinski definition) is 4. The Hall–Kier alpha value is -1.66. The van der Waals surface area contributed by atoms with Crippen molar-refractivity contribution >= 4 is 12.6 Å². The minimum atomic E-state index is -1.49. The molecule has 2 heterocycles. The summed E-state index contributed by atoms with van der Waals surface area (Å²) in [5.74, 6) is 0. The molecule has 2 aromatic rings. The minimum absolute atomic E-state index is 0.372. The Labute approximate surface area is 87.2 Å². The van der Waals surface area contributed by atoms with Gasteiger partial charge in [-0.2, -0.15) is 5.10 Å². The Balaban J connectivity index is 2.41. The van der Waals surface area contributed by atoms with E-state index in [0.29, 0.717) is 5.46 Å². The summed E-state index contributed by atoms with van der Waals surface area (Å²) in [4.78, 5) is 3.93. The number of aromatic nitrogens is 3. The largest absolute Gasteiger partial charge is 0.490 e. The molecular formula is C9H10BN3O2. The summed E-state index contributed by atoms with van der Waals surface area (Å²) in [6.45, 7) is 0. The maximum absolute atomic E-state index is 8.99. The Morgan fingerprint density at radius 3 is 2.60 bits per heavy atom. The van der Waals surface area contributed by atoms with E-state index in [1.165, 1.54) is 6.20 Å². The number of aryl methyl sites for hydroxylation is 1. The van der Waals surface area contributed by atoms with Crippen molar-refractivity contribution in [3.05, 3.63) is 30.9 Å². The van der Waals surface area contributed by atoms with Crippen molar-refractivity contribution in [3.63, 3.8) is 0 Å². The van der Waals surface area contributed by atoms with Gasteiger partial charge in [-0.15, -0.1) is 0 Å². The molecule has 0 aromatic carbocycles. The summed E-state index contributed by atoms with van der Waals surface area (Å²) < 4.78 is 1.68. The molecule has 0 saturated heterocycles. The van der Waals surface area contributed by atoms with Gasteiger partial charge < -0.3 is 10.0 Å². The van der Waals surface area contributed by atoms with Crippen molar-refractivity contribution in [2.75, 3.05) is 0 Å². The van der Waals surface area contributed by atoms with Crippen molar-refractivity contribution in [2.45, 2.75) is 0 Å². The first kappa shape index (κ1) is 9.88. The predicted octanol–water partition coefficient (Wildman–Crippen LogP) is -0.838. The Morgan fingerprint density at radius 2 is 2.00 bits per heavy atom. The zero-order valence-corrected chi connectivity index (χ0v) is 8.20. The van der Waals surface area contributed by atoms with Crippen molar-refractivity contribution in [1.82, 2.24) is 14.8 Å². The fourth-order valence-corrected chi connectivity index (χ4v) is 1.33. The van der Waals surface area contributed by atoms with Gasteiger partial charge in [0.05, 0.1) is 6.20 Å². The van der Waals surface area contributed by atoms with Gasteiger partial charge in [0.1, 0.15) is 0 Å². The molecular weight excluding hydrogens is 193 g/mol. The fraction of sp³-hybridized carbons (Fsp3) is 0.111. The summed E-state index contributed by atoms with van der Waals surface area (Å²) in [5.41, 5.74) is 2.08. The predicted molar refractivity (Wildman–Crippen MR) is 56.3 cm³/mol. The second-order valence-corrected chi connectivity index (χ2v) is 3.28. The van der Waals surface area contributed by atoms with E-state index in [9.17, 15) is 0 Å². The summed E-state index contributed by atoms with van der Waals surface area (Å²) in [6.07, 6.45) is 6.61. The summed E-state index contributed by atoms with van der Waals surface area (Å²) in [6, 6.07) is 1.68. The van der Waals surface area contributed by atoms with E-state index in [2.05, 4.69) is 10.1 Å². The molecule has 5 nitrogen and oxygen atoms in total. The second-order valence-electron chi connectivity index (χ2n) is 3.28. The first-order valence-corrected chi connectivity index (χ1v) is 4.47. The van der Waals surface area contributed by atoms with E-state index in [4.69, 9.17) is 10.0 Å². The molecule has 0 aliphatic carbocycles. The number of nitrogens with zero attached hydrogens (tertiary/aromatic N) is 3. The molecule has 0 amide bonds. The van der Waals surface area contributed by atoms with Crippen LogP contribution in [0.3, 0.4) is 0 Å². The lowest BCUT2D eigenvalue weighted by molar-refractivity contribution is 0.425. The topological polar surface area (TPSA) is 71.2 Å². The molecule has 0 unspecified atom stereocenters. The Morgan fingerprint density at radius 1 is 1.20 bits per heavy atom. The van der Waals surface area contributed by atoms with Crippen molar-refractivity contribution in [1.29, 1.82) is 0 Å². The summed E-state index contributed by atoms with van der Waals surface area (Å²) in [7, 11) is 0.330. The Kier molecular flexibility index (Phi) is 2.53. The Bertz CT molecular complexity index is 470. The van der Waals surface area contributed by atoms with Crippen LogP contribution in [-0.2, 0) is 7.05 Å². The molecule has 0 aliphatic rings. The molecule has 0 radical (unpaired) electrons. The van der Waals surface area contributed by atoms with Gasteiger partial charge in [0.15, 0.2) is 0 Å². The van der Waals surface area contributed by atoms with Crippen LogP contribution in [0.15, 0.2) is 30.9 Å². The third kappa shape index (κ3) is 2.06. The highest BCUT2D eigenvalue weighted by atomic mass is 16.4. The van der Waals surface area contributed by atoms with Crippen LogP contribution < -0.4 is 5.46 Å². The van der Waals surface area contributed by atoms with Crippen molar-refractivity contribution < 1.29 is 10.0 Å². The molecule has 2 N–H and O–H groups in total. The number of rotatable bonds is 2. The van der Waals surface area contributed by atoms with Crippen LogP contribution in [0.4, 0.5) is 0 Å². The summed E-state index contributed by atoms with van der Waals surface area (Å²) in [5, 5.41) is 22.0. The maximum Gasteiger partial charge on any atom is 0.490 e. The monoisotopic (exact) mass is 203 g/mol. The van der Waals surface area contributed by atoms with Crippen LogP contribution >= 0.6 is 0 Å². The molecule has 0 spiro atoms. The van der Waals surface area contributed by atoms with Crippen LogP contribution in [0.1, 0.15) is 0 Å².